The van der Waals surface area contributed by atoms with E-state index in [1.54, 1.807) is 19.5 Å². The Morgan fingerprint density at radius 3 is 2.50 bits per heavy atom. The van der Waals surface area contributed by atoms with Crippen LogP contribution in [0.15, 0.2) is 54.9 Å². The van der Waals surface area contributed by atoms with Crippen LogP contribution in [0.4, 0.5) is 0 Å². The average molecular weight is 354 g/mol. The summed E-state index contributed by atoms with van der Waals surface area (Å²) in [5.74, 6) is 0.154. The molecule has 0 aliphatic carbocycles. The quantitative estimate of drug-likeness (QED) is 0.767. The predicted octanol–water partition coefficient (Wildman–Crippen LogP) is 2.81. The number of nitrogens with zero attached hydrogens (tertiary/aromatic N) is 2. The molecule has 138 valence electrons. The number of rotatable bonds is 7. The molecule has 2 heterocycles. The molecule has 5 heteroatoms. The summed E-state index contributed by atoms with van der Waals surface area (Å²) in [5.41, 5.74) is 1.62. The maximum atomic E-state index is 13.7. The number of carbonyl (C=O) groups is 1. The van der Waals surface area contributed by atoms with Gasteiger partial charge in [-0.2, -0.15) is 0 Å². The molecule has 0 saturated carbocycles. The fourth-order valence-electron chi connectivity index (χ4n) is 3.57. The van der Waals surface area contributed by atoms with E-state index in [9.17, 15) is 4.79 Å². The molecule has 1 aromatic carbocycles. The van der Waals surface area contributed by atoms with Gasteiger partial charge in [-0.15, -0.1) is 0 Å². The summed E-state index contributed by atoms with van der Waals surface area (Å²) >= 11 is 0. The summed E-state index contributed by atoms with van der Waals surface area (Å²) in [7, 11) is 1.66. The first-order chi connectivity index (χ1) is 12.8. The molecular formula is C21H26N2O3. The number of hydrogen-bond donors (Lipinski definition) is 0. The smallest absolute Gasteiger partial charge is 0.233 e. The van der Waals surface area contributed by atoms with E-state index in [-0.39, 0.29) is 5.91 Å². The van der Waals surface area contributed by atoms with Gasteiger partial charge in [-0.3, -0.25) is 9.78 Å². The summed E-state index contributed by atoms with van der Waals surface area (Å²) in [6, 6.07) is 14.0. The highest BCUT2D eigenvalue weighted by atomic mass is 16.5. The number of hydrogen-bond acceptors (Lipinski definition) is 4. The normalized spacial score (nSPS) is 16.2. The first kappa shape index (κ1) is 18.5. The zero-order valence-electron chi connectivity index (χ0n) is 15.3. The number of aromatic nitrogens is 1. The number of benzene rings is 1. The zero-order chi connectivity index (χ0) is 18.2. The van der Waals surface area contributed by atoms with Crippen LogP contribution in [0.3, 0.4) is 0 Å². The van der Waals surface area contributed by atoms with Gasteiger partial charge in [0.05, 0.1) is 12.0 Å². The molecule has 1 aromatic heterocycles. The molecule has 0 unspecified atom stereocenters. The third-order valence-electron chi connectivity index (χ3n) is 5.06. The Labute approximate surface area is 155 Å². The molecule has 0 atom stereocenters. The van der Waals surface area contributed by atoms with Gasteiger partial charge in [0.25, 0.3) is 0 Å². The van der Waals surface area contributed by atoms with E-state index in [4.69, 9.17) is 9.47 Å². The van der Waals surface area contributed by atoms with Gasteiger partial charge in [-0.05, 0) is 36.1 Å². The fourth-order valence-corrected chi connectivity index (χ4v) is 3.57. The minimum Gasteiger partial charge on any atom is -0.383 e. The molecule has 26 heavy (non-hydrogen) atoms. The van der Waals surface area contributed by atoms with Gasteiger partial charge >= 0.3 is 0 Å². The Bertz CT molecular complexity index is 685. The van der Waals surface area contributed by atoms with Gasteiger partial charge in [0.1, 0.15) is 0 Å². The molecule has 1 fully saturated rings. The van der Waals surface area contributed by atoms with Gasteiger partial charge in [-0.1, -0.05) is 30.3 Å². The SMILES string of the molecule is COCCN(Cc1ccncc1)C(=O)C1(c2ccccc2)CCOCC1. The van der Waals surface area contributed by atoms with Crippen LogP contribution in [0.2, 0.25) is 0 Å². The molecule has 1 saturated heterocycles. The molecule has 1 aliphatic heterocycles. The van der Waals surface area contributed by atoms with Crippen molar-refractivity contribution < 1.29 is 14.3 Å². The van der Waals surface area contributed by atoms with E-state index in [1.807, 2.05) is 35.2 Å². The van der Waals surface area contributed by atoms with Crippen molar-refractivity contribution >= 4 is 5.91 Å². The van der Waals surface area contributed by atoms with Crippen LogP contribution in [0.5, 0.6) is 0 Å². The van der Waals surface area contributed by atoms with Crippen LogP contribution in [0.25, 0.3) is 0 Å². The van der Waals surface area contributed by atoms with Crippen molar-refractivity contribution in [2.75, 3.05) is 33.5 Å². The lowest BCUT2D eigenvalue weighted by atomic mass is 9.73. The Kier molecular flexibility index (Phi) is 6.36. The molecule has 5 nitrogen and oxygen atoms in total. The number of ether oxygens (including phenoxy) is 2. The molecule has 0 radical (unpaired) electrons. The van der Waals surface area contributed by atoms with Crippen LogP contribution in [-0.4, -0.2) is 49.3 Å². The second-order valence-corrected chi connectivity index (χ2v) is 6.64. The maximum absolute atomic E-state index is 13.7. The molecule has 0 bridgehead atoms. The van der Waals surface area contributed by atoms with Crippen molar-refractivity contribution in [1.82, 2.24) is 9.88 Å². The van der Waals surface area contributed by atoms with Gasteiger partial charge < -0.3 is 14.4 Å². The predicted molar refractivity (Wildman–Crippen MR) is 99.7 cm³/mol. The molecular weight excluding hydrogens is 328 g/mol. The summed E-state index contributed by atoms with van der Waals surface area (Å²) in [5, 5.41) is 0. The average Bonchev–Trinajstić information content (AvgIpc) is 2.72. The molecule has 0 N–H and O–H groups in total. The standard InChI is InChI=1S/C21H26N2O3/c1-25-16-13-23(17-18-7-11-22-12-8-18)20(24)21(9-14-26-15-10-21)19-5-3-2-4-6-19/h2-8,11-12H,9-10,13-17H2,1H3. The van der Waals surface area contributed by atoms with Crippen LogP contribution in [-0.2, 0) is 26.2 Å². The highest BCUT2D eigenvalue weighted by molar-refractivity contribution is 5.88. The van der Waals surface area contributed by atoms with Gasteiger partial charge in [0, 0.05) is 45.8 Å². The van der Waals surface area contributed by atoms with E-state index in [1.165, 1.54) is 0 Å². The van der Waals surface area contributed by atoms with Crippen LogP contribution in [0.1, 0.15) is 24.0 Å². The third kappa shape index (κ3) is 4.11. The molecule has 1 aliphatic rings. The largest absolute Gasteiger partial charge is 0.383 e. The van der Waals surface area contributed by atoms with Gasteiger partial charge in [-0.25, -0.2) is 0 Å². The van der Waals surface area contributed by atoms with Crippen LogP contribution >= 0.6 is 0 Å². The number of carbonyl (C=O) groups excluding carboxylic acids is 1. The highest BCUT2D eigenvalue weighted by Crippen LogP contribution is 2.37. The van der Waals surface area contributed by atoms with E-state index in [0.29, 0.717) is 45.8 Å². The van der Waals surface area contributed by atoms with E-state index < -0.39 is 5.41 Å². The van der Waals surface area contributed by atoms with E-state index in [0.717, 1.165) is 11.1 Å². The Balaban J connectivity index is 1.90. The first-order valence-electron chi connectivity index (χ1n) is 9.07. The Morgan fingerprint density at radius 1 is 1.15 bits per heavy atom. The van der Waals surface area contributed by atoms with Crippen molar-refractivity contribution in [3.8, 4) is 0 Å². The second-order valence-electron chi connectivity index (χ2n) is 6.64. The summed E-state index contributed by atoms with van der Waals surface area (Å²) in [6.07, 6.45) is 4.93. The maximum Gasteiger partial charge on any atom is 0.233 e. The topological polar surface area (TPSA) is 51.7 Å². The summed E-state index contributed by atoms with van der Waals surface area (Å²) < 4.78 is 10.8. The third-order valence-corrected chi connectivity index (χ3v) is 5.06. The lowest BCUT2D eigenvalue weighted by Gasteiger charge is -2.40. The summed E-state index contributed by atoms with van der Waals surface area (Å²) in [6.45, 7) is 2.84. The van der Waals surface area contributed by atoms with Crippen molar-refractivity contribution in [3.63, 3.8) is 0 Å². The second kappa shape index (κ2) is 8.92. The first-order valence-corrected chi connectivity index (χ1v) is 9.07. The van der Waals surface area contributed by atoms with Crippen LogP contribution < -0.4 is 0 Å². The lowest BCUT2D eigenvalue weighted by molar-refractivity contribution is -0.142. The Morgan fingerprint density at radius 2 is 1.85 bits per heavy atom. The number of methoxy groups -OCH3 is 1. The zero-order valence-corrected chi connectivity index (χ0v) is 15.3. The van der Waals surface area contributed by atoms with Crippen LogP contribution in [0, 0.1) is 0 Å². The Hall–Kier alpha value is -2.24. The highest BCUT2D eigenvalue weighted by Gasteiger charge is 2.43. The number of pyridine rings is 1. The fraction of sp³-hybridized carbons (Fsp3) is 0.429. The lowest BCUT2D eigenvalue weighted by Crippen LogP contribution is -2.50. The molecule has 0 spiro atoms. The van der Waals surface area contributed by atoms with Gasteiger partial charge in [0.15, 0.2) is 0 Å². The molecule has 2 aromatic rings. The van der Waals surface area contributed by atoms with Gasteiger partial charge in [0.2, 0.25) is 5.91 Å². The number of amides is 1. The molecule has 3 rings (SSSR count). The van der Waals surface area contributed by atoms with E-state index >= 15 is 0 Å². The minimum atomic E-state index is -0.527. The van der Waals surface area contributed by atoms with Crippen molar-refractivity contribution in [1.29, 1.82) is 0 Å². The monoisotopic (exact) mass is 354 g/mol. The van der Waals surface area contributed by atoms with Crippen molar-refractivity contribution in [3.05, 3.63) is 66.0 Å². The van der Waals surface area contributed by atoms with Crippen molar-refractivity contribution in [2.24, 2.45) is 0 Å². The molecule has 1 amide bonds. The minimum absolute atomic E-state index is 0.154. The van der Waals surface area contributed by atoms with E-state index in [2.05, 4.69) is 17.1 Å². The van der Waals surface area contributed by atoms with Crippen molar-refractivity contribution in [2.45, 2.75) is 24.8 Å². The summed E-state index contributed by atoms with van der Waals surface area (Å²) in [4.78, 5) is 19.7.